The Hall–Kier alpha value is -2.45. The van der Waals surface area contributed by atoms with Gasteiger partial charge in [-0.05, 0) is 49.4 Å². The van der Waals surface area contributed by atoms with Crippen LogP contribution in [-0.4, -0.2) is 25.7 Å². The number of para-hydroxylation sites is 1. The molecule has 0 aliphatic heterocycles. The fraction of sp³-hybridized carbons (Fsp3) is 0.316. The van der Waals surface area contributed by atoms with Crippen LogP contribution in [0.3, 0.4) is 0 Å². The zero-order valence-corrected chi connectivity index (χ0v) is 15.2. The molecule has 3 aromatic rings. The fourth-order valence-corrected chi connectivity index (χ4v) is 3.58. The van der Waals surface area contributed by atoms with E-state index in [1.165, 1.54) is 18.2 Å². The minimum absolute atomic E-state index is 0.0754. The third kappa shape index (κ3) is 3.27. The Balaban J connectivity index is 1.99. The summed E-state index contributed by atoms with van der Waals surface area (Å²) in [7, 11) is 0. The lowest BCUT2D eigenvalue weighted by molar-refractivity contribution is -0.141. The number of hydrogen-bond donors (Lipinski definition) is 1. The molecule has 4 rings (SSSR count). The average molecular weight is 410 g/mol. The minimum atomic E-state index is -4.66. The molecule has 0 saturated heterocycles. The van der Waals surface area contributed by atoms with Gasteiger partial charge in [0.15, 0.2) is 5.65 Å². The maximum absolute atomic E-state index is 13.2. The van der Waals surface area contributed by atoms with E-state index < -0.39 is 23.7 Å². The van der Waals surface area contributed by atoms with Crippen LogP contribution in [0.2, 0.25) is 5.02 Å². The lowest BCUT2D eigenvalue weighted by Gasteiger charge is -2.32. The molecule has 0 unspecified atom stereocenters. The number of alkyl halides is 3. The molecule has 0 bridgehead atoms. The highest BCUT2D eigenvalue weighted by atomic mass is 35.5. The number of aromatic nitrogens is 3. The Labute approximate surface area is 162 Å². The zero-order valence-electron chi connectivity index (χ0n) is 14.4. The molecule has 1 saturated carbocycles. The first-order valence-electron chi connectivity index (χ1n) is 8.68. The molecule has 0 radical (unpaired) electrons. The first kappa shape index (κ1) is 18.9. The molecule has 1 fully saturated rings. The van der Waals surface area contributed by atoms with Crippen LogP contribution >= 0.6 is 11.6 Å². The number of fused-ring (bicyclic) bond motifs is 1. The SMILES string of the molecule is O=c1nc(C[C@@H]2CC[C@@H]2O)c2ccc(C(F)(F)F)nc2n1-c1ccccc1Cl. The van der Waals surface area contributed by atoms with Crippen molar-refractivity contribution < 1.29 is 18.3 Å². The van der Waals surface area contributed by atoms with Crippen LogP contribution in [0.15, 0.2) is 41.2 Å². The van der Waals surface area contributed by atoms with Gasteiger partial charge >= 0.3 is 11.9 Å². The number of aliphatic hydroxyl groups excluding tert-OH is 1. The standard InChI is InChI=1S/C19H15ClF3N3O2/c20-12-3-1-2-4-14(12)26-17-11(6-8-16(25-17)19(21,22)23)13(24-18(26)28)9-10-5-7-15(10)27/h1-4,6,8,10,15,27H,5,7,9H2/t10-,15-/m0/s1. The smallest absolute Gasteiger partial charge is 0.393 e. The predicted octanol–water partition coefficient (Wildman–Crippen LogP) is 3.77. The second-order valence-corrected chi connectivity index (χ2v) is 7.21. The van der Waals surface area contributed by atoms with Gasteiger partial charge in [-0.15, -0.1) is 0 Å². The van der Waals surface area contributed by atoms with E-state index >= 15 is 0 Å². The van der Waals surface area contributed by atoms with Gasteiger partial charge in [0.1, 0.15) is 5.69 Å². The average Bonchev–Trinajstić information content (AvgIpc) is 2.64. The highest BCUT2D eigenvalue weighted by molar-refractivity contribution is 6.32. The normalized spacial score (nSPS) is 19.6. The molecule has 1 aromatic carbocycles. The molecule has 2 aromatic heterocycles. The number of aliphatic hydroxyl groups is 1. The molecule has 1 aliphatic carbocycles. The van der Waals surface area contributed by atoms with Crippen LogP contribution in [-0.2, 0) is 12.6 Å². The molecule has 1 aliphatic rings. The lowest BCUT2D eigenvalue weighted by Crippen LogP contribution is -2.34. The summed E-state index contributed by atoms with van der Waals surface area (Å²) >= 11 is 6.17. The quantitative estimate of drug-likeness (QED) is 0.715. The van der Waals surface area contributed by atoms with Crippen molar-refractivity contribution in [2.24, 2.45) is 5.92 Å². The molecule has 1 N–H and O–H groups in total. The van der Waals surface area contributed by atoms with E-state index in [9.17, 15) is 23.1 Å². The van der Waals surface area contributed by atoms with Crippen LogP contribution < -0.4 is 5.69 Å². The van der Waals surface area contributed by atoms with Crippen molar-refractivity contribution in [3.05, 3.63) is 63.3 Å². The molecule has 0 amide bonds. The molecular weight excluding hydrogens is 395 g/mol. The molecule has 9 heteroatoms. The lowest BCUT2D eigenvalue weighted by atomic mass is 9.78. The molecular formula is C19H15ClF3N3O2. The Kier molecular flexibility index (Phi) is 4.63. The number of hydrogen-bond acceptors (Lipinski definition) is 4. The van der Waals surface area contributed by atoms with Gasteiger partial charge in [-0.25, -0.2) is 14.3 Å². The fourth-order valence-electron chi connectivity index (χ4n) is 3.36. The van der Waals surface area contributed by atoms with Crippen LogP contribution in [0.4, 0.5) is 13.2 Å². The van der Waals surface area contributed by atoms with Crippen molar-refractivity contribution in [3.63, 3.8) is 0 Å². The Bertz CT molecular complexity index is 1110. The number of nitrogens with zero attached hydrogens (tertiary/aromatic N) is 3. The summed E-state index contributed by atoms with van der Waals surface area (Å²) in [5.41, 5.74) is -1.51. The van der Waals surface area contributed by atoms with Gasteiger partial charge in [-0.2, -0.15) is 18.2 Å². The minimum Gasteiger partial charge on any atom is -0.393 e. The van der Waals surface area contributed by atoms with E-state index in [1.807, 2.05) is 0 Å². The first-order chi connectivity index (χ1) is 13.3. The summed E-state index contributed by atoms with van der Waals surface area (Å²) in [6, 6.07) is 8.44. The Morgan fingerprint density at radius 1 is 1.14 bits per heavy atom. The van der Waals surface area contributed by atoms with E-state index in [0.29, 0.717) is 23.9 Å². The van der Waals surface area contributed by atoms with Gasteiger partial charge in [0, 0.05) is 5.39 Å². The maximum Gasteiger partial charge on any atom is 0.433 e. The van der Waals surface area contributed by atoms with Gasteiger partial charge < -0.3 is 5.11 Å². The number of pyridine rings is 1. The van der Waals surface area contributed by atoms with Crippen LogP contribution in [0.5, 0.6) is 0 Å². The largest absolute Gasteiger partial charge is 0.433 e. The molecule has 5 nitrogen and oxygen atoms in total. The van der Waals surface area contributed by atoms with Crippen molar-refractivity contribution in [1.29, 1.82) is 0 Å². The van der Waals surface area contributed by atoms with Crippen molar-refractivity contribution >= 4 is 22.6 Å². The highest BCUT2D eigenvalue weighted by Gasteiger charge is 2.34. The van der Waals surface area contributed by atoms with Crippen molar-refractivity contribution in [3.8, 4) is 5.69 Å². The summed E-state index contributed by atoms with van der Waals surface area (Å²) in [6.45, 7) is 0. The molecule has 28 heavy (non-hydrogen) atoms. The summed E-state index contributed by atoms with van der Waals surface area (Å²) in [5.74, 6) is -0.0754. The summed E-state index contributed by atoms with van der Waals surface area (Å²) < 4.78 is 40.7. The third-order valence-electron chi connectivity index (χ3n) is 5.04. The Morgan fingerprint density at radius 2 is 1.89 bits per heavy atom. The van der Waals surface area contributed by atoms with Crippen molar-refractivity contribution in [1.82, 2.24) is 14.5 Å². The van der Waals surface area contributed by atoms with Gasteiger partial charge in [-0.3, -0.25) is 0 Å². The van der Waals surface area contributed by atoms with Gasteiger partial charge in [0.2, 0.25) is 0 Å². The van der Waals surface area contributed by atoms with E-state index in [2.05, 4.69) is 9.97 Å². The van der Waals surface area contributed by atoms with Gasteiger partial charge in [0.05, 0.1) is 22.5 Å². The second-order valence-electron chi connectivity index (χ2n) is 6.80. The Morgan fingerprint density at radius 3 is 2.50 bits per heavy atom. The van der Waals surface area contributed by atoms with Gasteiger partial charge in [-0.1, -0.05) is 23.7 Å². The predicted molar refractivity (Wildman–Crippen MR) is 97.6 cm³/mol. The van der Waals surface area contributed by atoms with E-state index in [0.717, 1.165) is 17.1 Å². The van der Waals surface area contributed by atoms with Crippen LogP contribution in [0, 0.1) is 5.92 Å². The molecule has 146 valence electrons. The van der Waals surface area contributed by atoms with Gasteiger partial charge in [0.25, 0.3) is 0 Å². The number of rotatable bonds is 3. The maximum atomic E-state index is 13.2. The number of benzene rings is 1. The summed E-state index contributed by atoms with van der Waals surface area (Å²) in [4.78, 5) is 20.6. The third-order valence-corrected chi connectivity index (χ3v) is 5.36. The summed E-state index contributed by atoms with van der Waals surface area (Å²) in [6.07, 6.45) is -3.43. The molecule has 0 spiro atoms. The van der Waals surface area contributed by atoms with Crippen LogP contribution in [0.1, 0.15) is 24.2 Å². The zero-order chi connectivity index (χ0) is 20.1. The first-order valence-corrected chi connectivity index (χ1v) is 9.06. The molecule has 2 heterocycles. The molecule has 2 atom stereocenters. The van der Waals surface area contributed by atoms with E-state index in [-0.39, 0.29) is 22.3 Å². The topological polar surface area (TPSA) is 68.0 Å². The van der Waals surface area contributed by atoms with Crippen molar-refractivity contribution in [2.75, 3.05) is 0 Å². The number of halogens is 4. The van der Waals surface area contributed by atoms with Crippen LogP contribution in [0.25, 0.3) is 16.7 Å². The second kappa shape index (κ2) is 6.86. The highest BCUT2D eigenvalue weighted by Crippen LogP contribution is 2.34. The van der Waals surface area contributed by atoms with E-state index in [4.69, 9.17) is 11.6 Å². The summed E-state index contributed by atoms with van der Waals surface area (Å²) in [5, 5.41) is 10.4. The monoisotopic (exact) mass is 409 g/mol. The van der Waals surface area contributed by atoms with E-state index in [1.54, 1.807) is 12.1 Å². The van der Waals surface area contributed by atoms with Crippen molar-refractivity contribution in [2.45, 2.75) is 31.5 Å².